The number of allylic oxidation sites excluding steroid dienone is 21. The Balaban J connectivity index is 1.75. The van der Waals surface area contributed by atoms with E-state index in [4.69, 9.17) is 18.9 Å². The minimum Gasteiger partial charge on any atom is -0.394 e. The molecule has 0 spiro atoms. The quantitative estimate of drug-likeness (QED) is 0.0204. The molecular formula is C70H115NO13. The van der Waals surface area contributed by atoms with Gasteiger partial charge in [-0.2, -0.15) is 0 Å². The van der Waals surface area contributed by atoms with Gasteiger partial charge in [0.05, 0.1) is 32.0 Å². The molecule has 0 aromatic heterocycles. The van der Waals surface area contributed by atoms with Crippen molar-refractivity contribution in [3.8, 4) is 0 Å². The molecule has 0 saturated carbocycles. The third-order valence-corrected chi connectivity index (χ3v) is 14.8. The van der Waals surface area contributed by atoms with Crippen LogP contribution in [0.4, 0.5) is 0 Å². The van der Waals surface area contributed by atoms with Crippen LogP contribution in [-0.4, -0.2) is 140 Å². The van der Waals surface area contributed by atoms with Crippen molar-refractivity contribution in [1.29, 1.82) is 0 Å². The maximum Gasteiger partial charge on any atom is 0.220 e. The number of rotatable bonds is 50. The Morgan fingerprint density at radius 1 is 0.440 bits per heavy atom. The molecule has 14 nitrogen and oxygen atoms in total. The predicted octanol–water partition coefficient (Wildman–Crippen LogP) is 12.3. The topological polar surface area (TPSA) is 228 Å². The van der Waals surface area contributed by atoms with Crippen LogP contribution in [0.15, 0.2) is 134 Å². The van der Waals surface area contributed by atoms with E-state index in [-0.39, 0.29) is 18.9 Å². The summed E-state index contributed by atoms with van der Waals surface area (Å²) in [5.41, 5.74) is 0. The monoisotopic (exact) mass is 1180 g/mol. The number of aliphatic hydroxyl groups is 8. The maximum absolute atomic E-state index is 13.3. The van der Waals surface area contributed by atoms with Crippen molar-refractivity contribution < 1.29 is 64.6 Å². The number of unbranched alkanes of at least 4 members (excludes halogenated alkanes) is 17. The van der Waals surface area contributed by atoms with Gasteiger partial charge >= 0.3 is 0 Å². The van der Waals surface area contributed by atoms with Gasteiger partial charge in [-0.1, -0.05) is 225 Å². The molecule has 0 aliphatic carbocycles. The zero-order valence-electron chi connectivity index (χ0n) is 51.6. The Kier molecular flexibility index (Phi) is 48.4. The third-order valence-electron chi connectivity index (χ3n) is 14.8. The summed E-state index contributed by atoms with van der Waals surface area (Å²) in [6.07, 6.45) is 62.0. The van der Waals surface area contributed by atoms with E-state index < -0.39 is 86.8 Å². The molecule has 14 heteroatoms. The Bertz CT molecular complexity index is 1920. The Morgan fingerprint density at radius 3 is 1.31 bits per heavy atom. The summed E-state index contributed by atoms with van der Waals surface area (Å²) in [4.78, 5) is 13.3. The standard InChI is InChI=1S/C70H115NO13/c1-3-5-7-9-11-13-15-17-19-21-23-24-25-26-27-28-29-30-31-32-33-34-36-38-40-42-44-46-48-50-52-54-62(75)71-58(59(74)53-51-49-47-45-43-41-39-37-35-22-20-18-16-14-12-10-8-6-4-2)57-81-69-67(80)65(78)68(61(56-73)83-69)84-70-66(79)64(77)63(76)60(55-72)82-70/h5,7,11,13,17,19,23-24,26-27,29-30,32-33,35-38,43,45,51,53,58-61,63-70,72-74,76-80H,3-4,6,8-10,12,14-16,18,20-22,25,28,31,34,39-42,44,46-50,52,54-57H2,1-2H3,(H,71,75)/b7-5-,13-11-,19-17-,24-23-,27-26-,30-29-,33-32-,37-35+,38-36-,45-43+,53-51+. The van der Waals surface area contributed by atoms with Crippen LogP contribution in [0.25, 0.3) is 0 Å². The lowest BCUT2D eigenvalue weighted by atomic mass is 9.97. The number of hydrogen-bond acceptors (Lipinski definition) is 13. The molecule has 0 bridgehead atoms. The number of aliphatic hydroxyl groups excluding tert-OH is 8. The highest BCUT2D eigenvalue weighted by atomic mass is 16.7. The first-order valence-electron chi connectivity index (χ1n) is 32.4. The average Bonchev–Trinajstić information content (AvgIpc) is 3.18. The summed E-state index contributed by atoms with van der Waals surface area (Å²) in [5, 5.41) is 87.2. The first kappa shape index (κ1) is 76.2. The van der Waals surface area contributed by atoms with Crippen LogP contribution in [0.5, 0.6) is 0 Å². The molecule has 2 heterocycles. The molecule has 0 aromatic rings. The van der Waals surface area contributed by atoms with E-state index in [0.29, 0.717) is 12.8 Å². The molecule has 84 heavy (non-hydrogen) atoms. The molecule has 1 amide bonds. The molecule has 2 rings (SSSR count). The largest absolute Gasteiger partial charge is 0.394 e. The first-order chi connectivity index (χ1) is 41.1. The molecule has 478 valence electrons. The zero-order valence-corrected chi connectivity index (χ0v) is 51.6. The van der Waals surface area contributed by atoms with Gasteiger partial charge < -0.3 is 65.1 Å². The van der Waals surface area contributed by atoms with E-state index in [1.165, 1.54) is 57.8 Å². The fourth-order valence-electron chi connectivity index (χ4n) is 9.63. The Labute approximate surface area is 507 Å². The second kappa shape index (κ2) is 53.4. The summed E-state index contributed by atoms with van der Waals surface area (Å²) >= 11 is 0. The van der Waals surface area contributed by atoms with E-state index in [0.717, 1.165) is 116 Å². The van der Waals surface area contributed by atoms with Gasteiger partial charge in [-0.3, -0.25) is 4.79 Å². The smallest absolute Gasteiger partial charge is 0.220 e. The molecule has 9 N–H and O–H groups in total. The number of ether oxygens (including phenoxy) is 4. The lowest BCUT2D eigenvalue weighted by Gasteiger charge is -2.46. The molecule has 2 aliphatic heterocycles. The second-order valence-corrected chi connectivity index (χ2v) is 22.1. The third kappa shape index (κ3) is 37.6. The van der Waals surface area contributed by atoms with Gasteiger partial charge in [-0.05, 0) is 109 Å². The van der Waals surface area contributed by atoms with E-state index in [9.17, 15) is 45.6 Å². The summed E-state index contributed by atoms with van der Waals surface area (Å²) in [7, 11) is 0. The fourth-order valence-corrected chi connectivity index (χ4v) is 9.63. The van der Waals surface area contributed by atoms with E-state index in [2.05, 4.69) is 141 Å². The summed E-state index contributed by atoms with van der Waals surface area (Å²) in [6, 6.07) is -0.957. The van der Waals surface area contributed by atoms with Gasteiger partial charge in [-0.25, -0.2) is 0 Å². The highest BCUT2D eigenvalue weighted by molar-refractivity contribution is 5.76. The van der Waals surface area contributed by atoms with Gasteiger partial charge in [0.1, 0.15) is 48.8 Å². The lowest BCUT2D eigenvalue weighted by Crippen LogP contribution is -2.65. The SMILES string of the molecule is CC/C=C\C/C=C\C/C=C\C/C=C\C/C=C\C/C=C\C/C=C\C/C=C\CCCCCCCCC(=O)NC(COC1OC(CO)C(OC2OC(CO)C(O)C(O)C2O)C(O)C1O)C(O)/C=C/CC/C=C/CC/C=C/CCCCCCCCCCC. The zero-order chi connectivity index (χ0) is 60.9. The number of nitrogens with one attached hydrogen (secondary N) is 1. The van der Waals surface area contributed by atoms with Crippen molar-refractivity contribution in [2.24, 2.45) is 0 Å². The van der Waals surface area contributed by atoms with Crippen molar-refractivity contribution >= 4 is 5.91 Å². The van der Waals surface area contributed by atoms with Crippen molar-refractivity contribution in [2.75, 3.05) is 19.8 Å². The molecular weight excluding hydrogens is 1060 g/mol. The van der Waals surface area contributed by atoms with Gasteiger partial charge in [0.15, 0.2) is 12.6 Å². The molecule has 2 fully saturated rings. The van der Waals surface area contributed by atoms with Crippen LogP contribution in [-0.2, 0) is 23.7 Å². The van der Waals surface area contributed by atoms with Crippen LogP contribution in [0, 0.1) is 0 Å². The number of amides is 1. The molecule has 0 radical (unpaired) electrons. The minimum atomic E-state index is -1.80. The van der Waals surface area contributed by atoms with Crippen molar-refractivity contribution in [3.63, 3.8) is 0 Å². The molecule has 12 atom stereocenters. The van der Waals surface area contributed by atoms with Crippen LogP contribution in [0.1, 0.15) is 206 Å². The van der Waals surface area contributed by atoms with Crippen molar-refractivity contribution in [1.82, 2.24) is 5.32 Å². The van der Waals surface area contributed by atoms with Crippen LogP contribution in [0.3, 0.4) is 0 Å². The predicted molar refractivity (Wildman–Crippen MR) is 341 cm³/mol. The number of carbonyl (C=O) groups is 1. The van der Waals surface area contributed by atoms with Crippen molar-refractivity contribution in [2.45, 2.75) is 280 Å². The fraction of sp³-hybridized carbons (Fsp3) is 0.671. The highest BCUT2D eigenvalue weighted by Gasteiger charge is 2.51. The van der Waals surface area contributed by atoms with Gasteiger partial charge in [0, 0.05) is 6.42 Å². The van der Waals surface area contributed by atoms with E-state index >= 15 is 0 Å². The van der Waals surface area contributed by atoms with Crippen LogP contribution in [0.2, 0.25) is 0 Å². The van der Waals surface area contributed by atoms with Crippen LogP contribution < -0.4 is 5.32 Å². The molecule has 0 aromatic carbocycles. The second-order valence-electron chi connectivity index (χ2n) is 22.1. The highest BCUT2D eigenvalue weighted by Crippen LogP contribution is 2.30. The molecule has 2 saturated heterocycles. The van der Waals surface area contributed by atoms with Gasteiger partial charge in [0.25, 0.3) is 0 Å². The van der Waals surface area contributed by atoms with E-state index in [1.54, 1.807) is 6.08 Å². The van der Waals surface area contributed by atoms with Gasteiger partial charge in [0.2, 0.25) is 5.91 Å². The number of carbonyl (C=O) groups excluding carboxylic acids is 1. The average molecular weight is 1180 g/mol. The normalized spacial score (nSPS) is 24.6. The Hall–Kier alpha value is -3.87. The maximum atomic E-state index is 13.3. The van der Waals surface area contributed by atoms with Gasteiger partial charge in [-0.15, -0.1) is 0 Å². The lowest BCUT2D eigenvalue weighted by molar-refractivity contribution is -0.359. The minimum absolute atomic E-state index is 0.243. The first-order valence-corrected chi connectivity index (χ1v) is 32.4. The van der Waals surface area contributed by atoms with E-state index in [1.807, 2.05) is 6.08 Å². The molecule has 2 aliphatic rings. The number of hydrogen-bond donors (Lipinski definition) is 9. The summed E-state index contributed by atoms with van der Waals surface area (Å²) in [6.45, 7) is 2.63. The van der Waals surface area contributed by atoms with Crippen molar-refractivity contribution in [3.05, 3.63) is 134 Å². The Morgan fingerprint density at radius 2 is 0.833 bits per heavy atom. The molecule has 12 unspecified atom stereocenters. The summed E-state index contributed by atoms with van der Waals surface area (Å²) in [5.74, 6) is -0.274. The van der Waals surface area contributed by atoms with Crippen LogP contribution >= 0.6 is 0 Å². The summed E-state index contributed by atoms with van der Waals surface area (Å²) < 4.78 is 22.8.